The molecule has 92 valence electrons. The van der Waals surface area contributed by atoms with Crippen molar-refractivity contribution in [3.63, 3.8) is 0 Å². The third-order valence-corrected chi connectivity index (χ3v) is 2.25. The van der Waals surface area contributed by atoms with E-state index in [1.807, 2.05) is 6.92 Å². The molecule has 2 N–H and O–H groups in total. The molecule has 0 aliphatic rings. The molecule has 1 heterocycles. The Hall–Kier alpha value is -1.98. The van der Waals surface area contributed by atoms with E-state index in [-0.39, 0.29) is 12.5 Å². The van der Waals surface area contributed by atoms with Crippen LogP contribution in [0, 0.1) is 5.92 Å². The average molecular weight is 238 g/mol. The number of carboxylic acids is 1. The number of carbonyl (C=O) groups excluding carboxylic acids is 1. The van der Waals surface area contributed by atoms with Gasteiger partial charge in [0.05, 0.1) is 5.56 Å². The van der Waals surface area contributed by atoms with Crippen LogP contribution >= 0.6 is 0 Å². The van der Waals surface area contributed by atoms with Gasteiger partial charge in [0, 0.05) is 12.6 Å². The summed E-state index contributed by atoms with van der Waals surface area (Å²) < 4.78 is 1.50. The molecule has 0 radical (unpaired) electrons. The smallest absolute Gasteiger partial charge is 0.312 e. The Morgan fingerprint density at radius 2 is 2.29 bits per heavy atom. The molecule has 0 aliphatic heterocycles. The maximum absolute atomic E-state index is 11.4. The normalized spacial score (nSPS) is 11.9. The first-order valence-corrected chi connectivity index (χ1v) is 5.41. The van der Waals surface area contributed by atoms with E-state index < -0.39 is 11.9 Å². The largest absolute Gasteiger partial charge is 0.481 e. The first kappa shape index (κ1) is 13.1. The van der Waals surface area contributed by atoms with Crippen LogP contribution in [-0.4, -0.2) is 28.6 Å². The molecule has 0 saturated heterocycles. The lowest BCUT2D eigenvalue weighted by Crippen LogP contribution is -2.42. The van der Waals surface area contributed by atoms with Crippen LogP contribution in [0.15, 0.2) is 18.5 Å². The topological polar surface area (TPSA) is 83.2 Å². The van der Waals surface area contributed by atoms with E-state index in [0.717, 1.165) is 0 Å². The summed E-state index contributed by atoms with van der Waals surface area (Å²) in [5.74, 6) is -1.56. The Morgan fingerprint density at radius 3 is 2.76 bits per heavy atom. The van der Waals surface area contributed by atoms with Crippen LogP contribution in [0.1, 0.15) is 24.2 Å². The van der Waals surface area contributed by atoms with Crippen LogP contribution in [0.5, 0.6) is 0 Å². The minimum absolute atomic E-state index is 0.182. The van der Waals surface area contributed by atoms with Gasteiger partial charge in [-0.3, -0.25) is 9.59 Å². The van der Waals surface area contributed by atoms with E-state index in [4.69, 9.17) is 5.11 Å². The summed E-state index contributed by atoms with van der Waals surface area (Å²) in [4.78, 5) is 22.1. The summed E-state index contributed by atoms with van der Waals surface area (Å²) >= 11 is 0. The summed E-state index contributed by atoms with van der Waals surface area (Å²) in [5.41, 5.74) is 0.464. The fourth-order valence-electron chi connectivity index (χ4n) is 1.25. The highest BCUT2D eigenvalue weighted by Gasteiger charge is 2.18. The number of rotatable bonds is 5. The minimum atomic E-state index is -0.868. The highest BCUT2D eigenvalue weighted by Crippen LogP contribution is 1.96. The molecule has 6 heteroatoms. The number of hydrogen-bond acceptors (Lipinski definition) is 3. The quantitative estimate of drug-likeness (QED) is 0.698. The predicted molar refractivity (Wildman–Crippen MR) is 59.2 cm³/mol. The SMILES string of the molecule is CCNC(=O)c1cc[n+](CC(C)C(=O)O)nc1. The van der Waals surface area contributed by atoms with E-state index >= 15 is 0 Å². The number of carboxylic acid groups (broad SMARTS) is 1. The van der Waals surface area contributed by atoms with Gasteiger partial charge in [0.1, 0.15) is 12.1 Å². The molecule has 0 saturated carbocycles. The Balaban J connectivity index is 2.68. The molecule has 1 rings (SSSR count). The molecule has 1 amide bonds. The second-order valence-electron chi connectivity index (χ2n) is 3.74. The molecule has 0 bridgehead atoms. The van der Waals surface area contributed by atoms with Crippen molar-refractivity contribution in [1.82, 2.24) is 10.4 Å². The number of carbonyl (C=O) groups is 2. The van der Waals surface area contributed by atoms with E-state index in [9.17, 15) is 9.59 Å². The van der Waals surface area contributed by atoms with Crippen molar-refractivity contribution in [2.45, 2.75) is 20.4 Å². The molecule has 6 nitrogen and oxygen atoms in total. The molecule has 0 aliphatic carbocycles. The fourth-order valence-corrected chi connectivity index (χ4v) is 1.25. The average Bonchev–Trinajstić information content (AvgIpc) is 2.30. The van der Waals surface area contributed by atoms with Crippen LogP contribution in [0.4, 0.5) is 0 Å². The summed E-state index contributed by atoms with van der Waals surface area (Å²) in [6, 6.07) is 1.62. The highest BCUT2D eigenvalue weighted by molar-refractivity contribution is 5.93. The van der Waals surface area contributed by atoms with Crippen LogP contribution in [0.2, 0.25) is 0 Å². The van der Waals surface area contributed by atoms with Crippen molar-refractivity contribution in [3.8, 4) is 0 Å². The van der Waals surface area contributed by atoms with Gasteiger partial charge in [0.25, 0.3) is 5.91 Å². The number of aromatic nitrogens is 2. The Labute approximate surface area is 99.3 Å². The summed E-state index contributed by atoms with van der Waals surface area (Å²) in [6.07, 6.45) is 3.03. The van der Waals surface area contributed by atoms with Crippen LogP contribution in [-0.2, 0) is 11.3 Å². The monoisotopic (exact) mass is 238 g/mol. The molecule has 1 unspecified atom stereocenters. The second kappa shape index (κ2) is 5.93. The van der Waals surface area contributed by atoms with Crippen molar-refractivity contribution in [3.05, 3.63) is 24.0 Å². The zero-order valence-corrected chi connectivity index (χ0v) is 9.88. The number of aliphatic carboxylic acids is 1. The minimum Gasteiger partial charge on any atom is -0.481 e. The first-order valence-electron chi connectivity index (χ1n) is 5.41. The van der Waals surface area contributed by atoms with Gasteiger partial charge >= 0.3 is 5.97 Å². The zero-order chi connectivity index (χ0) is 12.8. The van der Waals surface area contributed by atoms with Crippen molar-refractivity contribution in [2.75, 3.05) is 6.54 Å². The van der Waals surface area contributed by atoms with E-state index in [2.05, 4.69) is 10.4 Å². The lowest BCUT2D eigenvalue weighted by molar-refractivity contribution is -0.757. The highest BCUT2D eigenvalue weighted by atomic mass is 16.4. The molecule has 17 heavy (non-hydrogen) atoms. The zero-order valence-electron chi connectivity index (χ0n) is 9.88. The van der Waals surface area contributed by atoms with Crippen LogP contribution < -0.4 is 10.00 Å². The third-order valence-electron chi connectivity index (χ3n) is 2.25. The number of nitrogens with one attached hydrogen (secondary N) is 1. The first-order chi connectivity index (χ1) is 8.04. The van der Waals surface area contributed by atoms with Gasteiger partial charge < -0.3 is 10.4 Å². The van der Waals surface area contributed by atoms with Gasteiger partial charge in [-0.05, 0) is 18.9 Å². The maximum atomic E-state index is 11.4. The molecule has 1 aromatic rings. The van der Waals surface area contributed by atoms with Crippen molar-refractivity contribution < 1.29 is 19.4 Å². The lowest BCUT2D eigenvalue weighted by Gasteiger charge is -2.01. The second-order valence-corrected chi connectivity index (χ2v) is 3.74. The molecule has 0 spiro atoms. The lowest BCUT2D eigenvalue weighted by atomic mass is 10.2. The van der Waals surface area contributed by atoms with Gasteiger partial charge in [-0.15, -0.1) is 0 Å². The summed E-state index contributed by atoms with van der Waals surface area (Å²) in [7, 11) is 0. The van der Waals surface area contributed by atoms with E-state index in [1.54, 1.807) is 19.2 Å². The van der Waals surface area contributed by atoms with E-state index in [0.29, 0.717) is 12.1 Å². The molecule has 0 aromatic carbocycles. The van der Waals surface area contributed by atoms with Crippen molar-refractivity contribution in [1.29, 1.82) is 0 Å². The van der Waals surface area contributed by atoms with Gasteiger partial charge in [0.15, 0.2) is 12.7 Å². The Bertz CT molecular complexity index is 403. The van der Waals surface area contributed by atoms with E-state index in [1.165, 1.54) is 10.9 Å². The molecule has 1 aromatic heterocycles. The summed E-state index contributed by atoms with van der Waals surface area (Å²) in [5, 5.41) is 15.4. The van der Waals surface area contributed by atoms with Gasteiger partial charge in [-0.25, -0.2) is 0 Å². The standard InChI is InChI=1S/C11H15N3O3/c1-3-12-10(15)9-4-5-14(13-6-9)7-8(2)11(16)17/h4-6,8H,3,7H2,1-2H3,(H-,12,15,16,17)/p+1. The van der Waals surface area contributed by atoms with Gasteiger partial charge in [-0.2, -0.15) is 0 Å². The molecular weight excluding hydrogens is 222 g/mol. The Morgan fingerprint density at radius 1 is 1.59 bits per heavy atom. The Kier molecular flexibility index (Phi) is 4.56. The number of hydrogen-bond donors (Lipinski definition) is 2. The maximum Gasteiger partial charge on any atom is 0.312 e. The van der Waals surface area contributed by atoms with Crippen molar-refractivity contribution in [2.24, 2.45) is 5.92 Å². The summed E-state index contributed by atoms with van der Waals surface area (Å²) in [6.45, 7) is 4.28. The van der Waals surface area contributed by atoms with Crippen LogP contribution in [0.3, 0.4) is 0 Å². The van der Waals surface area contributed by atoms with Crippen molar-refractivity contribution >= 4 is 11.9 Å². The fraction of sp³-hybridized carbons (Fsp3) is 0.455. The number of nitrogens with zero attached hydrogens (tertiary/aromatic N) is 2. The number of amides is 1. The van der Waals surface area contributed by atoms with Gasteiger partial charge in [0.2, 0.25) is 0 Å². The molecule has 1 atom stereocenters. The predicted octanol–water partition coefficient (Wildman–Crippen LogP) is -0.160. The van der Waals surface area contributed by atoms with Crippen LogP contribution in [0.25, 0.3) is 0 Å². The van der Waals surface area contributed by atoms with Gasteiger partial charge in [-0.1, -0.05) is 4.68 Å². The third kappa shape index (κ3) is 3.82. The molecular formula is C11H16N3O3+. The molecule has 0 fully saturated rings.